The Bertz CT molecular complexity index is 548. The van der Waals surface area contributed by atoms with Gasteiger partial charge in [0.1, 0.15) is 0 Å². The zero-order valence-corrected chi connectivity index (χ0v) is 16.7. The fourth-order valence-corrected chi connectivity index (χ4v) is 3.71. The third-order valence-electron chi connectivity index (χ3n) is 5.15. The number of hydrogen-bond acceptors (Lipinski definition) is 2. The minimum atomic E-state index is -0.693. The Balaban J connectivity index is 0.00000176. The lowest BCUT2D eigenvalue weighted by molar-refractivity contribution is -0.137. The van der Waals surface area contributed by atoms with Crippen LogP contribution in [0.5, 0.6) is 0 Å². The molecule has 1 aromatic carbocycles. The molecule has 0 bridgehead atoms. The number of rotatable bonds is 11. The number of unbranched alkanes of at least 4 members (excludes halogenated alkanes) is 2. The monoisotopic (exact) mass is 372 g/mol. The second kappa shape index (κ2) is 15.2. The van der Waals surface area contributed by atoms with Crippen molar-refractivity contribution in [3.05, 3.63) is 60.2 Å². The molecule has 0 aromatic heterocycles. The number of benzene rings is 1. The lowest BCUT2D eigenvalue weighted by atomic mass is 9.92. The normalized spacial score (nSPS) is 19.3. The second-order valence-electron chi connectivity index (χ2n) is 7.15. The van der Waals surface area contributed by atoms with Crippen LogP contribution < -0.4 is 0 Å². The molecular formula is C24H36O3. The first-order valence-corrected chi connectivity index (χ1v) is 10.3. The van der Waals surface area contributed by atoms with Crippen molar-refractivity contribution in [2.24, 2.45) is 11.8 Å². The molecule has 0 aliphatic heterocycles. The molecule has 1 aliphatic rings. The first kappa shape index (κ1) is 23.2. The highest BCUT2D eigenvalue weighted by atomic mass is 16.4. The van der Waals surface area contributed by atoms with Crippen LogP contribution in [0.2, 0.25) is 0 Å². The summed E-state index contributed by atoms with van der Waals surface area (Å²) in [5, 5.41) is 15.6. The van der Waals surface area contributed by atoms with E-state index in [0.717, 1.165) is 38.2 Å². The van der Waals surface area contributed by atoms with Gasteiger partial charge in [-0.1, -0.05) is 61.1 Å². The summed E-state index contributed by atoms with van der Waals surface area (Å²) in [4.78, 5) is 10.5. The molecule has 3 heteroatoms. The number of carbonyl (C=O) groups is 1. The molecule has 0 radical (unpaired) electrons. The summed E-state index contributed by atoms with van der Waals surface area (Å²) in [6, 6.07) is 10.7. The molecule has 0 spiro atoms. The highest BCUT2D eigenvalue weighted by Gasteiger charge is 2.23. The van der Waals surface area contributed by atoms with E-state index in [1.165, 1.54) is 44.1 Å². The maximum Gasteiger partial charge on any atom is 0.303 e. The van der Waals surface area contributed by atoms with Crippen molar-refractivity contribution in [2.75, 3.05) is 7.11 Å². The minimum absolute atomic E-state index is 0.280. The number of aliphatic hydroxyl groups is 1. The molecule has 2 N–H and O–H groups in total. The van der Waals surface area contributed by atoms with Gasteiger partial charge in [-0.3, -0.25) is 4.79 Å². The van der Waals surface area contributed by atoms with Gasteiger partial charge in [0.15, 0.2) is 0 Å². The van der Waals surface area contributed by atoms with Gasteiger partial charge in [-0.25, -0.2) is 0 Å². The Morgan fingerprint density at radius 3 is 2.52 bits per heavy atom. The predicted octanol–water partition coefficient (Wildman–Crippen LogP) is 5.79. The molecule has 1 aromatic rings. The van der Waals surface area contributed by atoms with E-state index < -0.39 is 5.97 Å². The lowest BCUT2D eigenvalue weighted by Gasteiger charge is -2.14. The van der Waals surface area contributed by atoms with Crippen molar-refractivity contribution in [3.63, 3.8) is 0 Å². The van der Waals surface area contributed by atoms with E-state index >= 15 is 0 Å². The molecule has 0 unspecified atom stereocenters. The summed E-state index contributed by atoms with van der Waals surface area (Å²) >= 11 is 0. The highest BCUT2D eigenvalue weighted by Crippen LogP contribution is 2.35. The van der Waals surface area contributed by atoms with Crippen molar-refractivity contribution in [3.8, 4) is 0 Å². The maximum absolute atomic E-state index is 10.5. The van der Waals surface area contributed by atoms with E-state index in [-0.39, 0.29) is 6.42 Å². The summed E-state index contributed by atoms with van der Waals surface area (Å²) in [6.07, 6.45) is 19.9. The van der Waals surface area contributed by atoms with Crippen molar-refractivity contribution in [1.29, 1.82) is 0 Å². The average molecular weight is 373 g/mol. The van der Waals surface area contributed by atoms with Crippen LogP contribution in [-0.4, -0.2) is 23.3 Å². The summed E-state index contributed by atoms with van der Waals surface area (Å²) in [7, 11) is 1.00. The van der Waals surface area contributed by atoms with Gasteiger partial charge < -0.3 is 10.2 Å². The molecule has 27 heavy (non-hydrogen) atoms. The smallest absolute Gasteiger partial charge is 0.303 e. The van der Waals surface area contributed by atoms with Crippen LogP contribution in [0.1, 0.15) is 63.4 Å². The molecule has 3 nitrogen and oxygen atoms in total. The number of carboxylic acids is 1. The Labute approximate surface area is 164 Å². The first-order valence-electron chi connectivity index (χ1n) is 10.3. The number of aryl methyl sites for hydroxylation is 1. The van der Waals surface area contributed by atoms with Crippen molar-refractivity contribution in [1.82, 2.24) is 0 Å². The second-order valence-corrected chi connectivity index (χ2v) is 7.15. The minimum Gasteiger partial charge on any atom is -0.481 e. The SMILES string of the molecule is CO.O=C(O)CCC/C=C\C[C@H]1CCC[C@@H]1/C=C/CCCc1ccccc1. The molecule has 150 valence electrons. The van der Waals surface area contributed by atoms with Gasteiger partial charge in [0.2, 0.25) is 0 Å². The molecule has 1 saturated carbocycles. The lowest BCUT2D eigenvalue weighted by Crippen LogP contribution is -2.03. The van der Waals surface area contributed by atoms with Crippen LogP contribution in [0.25, 0.3) is 0 Å². The molecule has 0 heterocycles. The van der Waals surface area contributed by atoms with Gasteiger partial charge in [0.25, 0.3) is 0 Å². The van der Waals surface area contributed by atoms with Crippen LogP contribution in [0.15, 0.2) is 54.6 Å². The molecule has 1 aliphatic carbocycles. The van der Waals surface area contributed by atoms with E-state index in [4.69, 9.17) is 10.2 Å². The Morgan fingerprint density at radius 1 is 1.04 bits per heavy atom. The van der Waals surface area contributed by atoms with Crippen LogP contribution >= 0.6 is 0 Å². The highest BCUT2D eigenvalue weighted by molar-refractivity contribution is 5.66. The molecule has 2 atom stereocenters. The first-order chi connectivity index (χ1) is 13.3. The van der Waals surface area contributed by atoms with Crippen LogP contribution in [0, 0.1) is 11.8 Å². The number of carboxylic acid groups (broad SMARTS) is 1. The van der Waals surface area contributed by atoms with Gasteiger partial charge in [-0.05, 0) is 68.8 Å². The maximum atomic E-state index is 10.5. The standard InChI is InChI=1S/C23H32O2.CH4O/c24-23(25)19-10-2-1-8-15-21-17-11-18-22(21)16-9-4-7-14-20-12-5-3-6-13-20;1-2/h1,3,5-6,8-9,12-13,16,21-22H,2,4,7,10-11,14-15,17-19H2,(H,24,25);2H,1H3/b8-1-,16-9+;/t21-,22-;/m0./s1. The van der Waals surface area contributed by atoms with E-state index in [1.807, 2.05) is 0 Å². The zero-order chi connectivity index (χ0) is 19.7. The van der Waals surface area contributed by atoms with E-state index in [9.17, 15) is 4.79 Å². The quantitative estimate of drug-likeness (QED) is 0.382. The van der Waals surface area contributed by atoms with E-state index in [1.54, 1.807) is 0 Å². The third-order valence-corrected chi connectivity index (χ3v) is 5.15. The molecule has 2 rings (SSSR count). The molecular weight excluding hydrogens is 336 g/mol. The number of hydrogen-bond donors (Lipinski definition) is 2. The number of allylic oxidation sites excluding steroid dienone is 4. The molecule has 0 amide bonds. The Kier molecular flexibility index (Phi) is 13.1. The Morgan fingerprint density at radius 2 is 1.78 bits per heavy atom. The van der Waals surface area contributed by atoms with Crippen LogP contribution in [0.3, 0.4) is 0 Å². The number of aliphatic carboxylic acids is 1. The average Bonchev–Trinajstić information content (AvgIpc) is 3.14. The van der Waals surface area contributed by atoms with Gasteiger partial charge in [0, 0.05) is 13.5 Å². The van der Waals surface area contributed by atoms with Gasteiger partial charge in [-0.15, -0.1) is 0 Å². The molecule has 0 saturated heterocycles. The van der Waals surface area contributed by atoms with Crippen LogP contribution in [0.4, 0.5) is 0 Å². The van der Waals surface area contributed by atoms with Crippen molar-refractivity contribution in [2.45, 2.75) is 64.2 Å². The van der Waals surface area contributed by atoms with Crippen LogP contribution in [-0.2, 0) is 11.2 Å². The topological polar surface area (TPSA) is 57.5 Å². The van der Waals surface area contributed by atoms with E-state index in [0.29, 0.717) is 0 Å². The summed E-state index contributed by atoms with van der Waals surface area (Å²) < 4.78 is 0. The summed E-state index contributed by atoms with van der Waals surface area (Å²) in [5.41, 5.74) is 1.43. The van der Waals surface area contributed by atoms with E-state index in [2.05, 4.69) is 54.6 Å². The largest absolute Gasteiger partial charge is 0.481 e. The third kappa shape index (κ3) is 10.8. The number of aliphatic hydroxyl groups excluding tert-OH is 1. The van der Waals surface area contributed by atoms with Crippen molar-refractivity contribution < 1.29 is 15.0 Å². The van der Waals surface area contributed by atoms with Gasteiger partial charge in [0.05, 0.1) is 0 Å². The summed E-state index contributed by atoms with van der Waals surface area (Å²) in [6.45, 7) is 0. The zero-order valence-electron chi connectivity index (χ0n) is 16.7. The predicted molar refractivity (Wildman–Crippen MR) is 113 cm³/mol. The fraction of sp³-hybridized carbons (Fsp3) is 0.542. The fourth-order valence-electron chi connectivity index (χ4n) is 3.71. The Hall–Kier alpha value is -1.87. The molecule has 1 fully saturated rings. The van der Waals surface area contributed by atoms with Gasteiger partial charge >= 0.3 is 5.97 Å². The van der Waals surface area contributed by atoms with Gasteiger partial charge in [-0.2, -0.15) is 0 Å². The van der Waals surface area contributed by atoms with Crippen molar-refractivity contribution >= 4 is 5.97 Å². The summed E-state index contributed by atoms with van der Waals surface area (Å²) in [5.74, 6) is 0.822.